The van der Waals surface area contributed by atoms with Crippen LogP contribution in [0.1, 0.15) is 54.6 Å². The Kier molecular flexibility index (Phi) is 6.89. The Hall–Kier alpha value is -4.19. The van der Waals surface area contributed by atoms with Crippen molar-refractivity contribution in [3.8, 4) is 22.5 Å². The maximum atomic E-state index is 13.0. The van der Waals surface area contributed by atoms with Crippen molar-refractivity contribution in [2.75, 3.05) is 7.05 Å². The van der Waals surface area contributed by atoms with Crippen LogP contribution in [0.4, 0.5) is 0 Å². The van der Waals surface area contributed by atoms with Crippen molar-refractivity contribution >= 4 is 11.9 Å². The minimum absolute atomic E-state index is 0.00714. The van der Waals surface area contributed by atoms with Gasteiger partial charge in [0.1, 0.15) is 0 Å². The standard InChI is InChI=1S/C32H32N2O4/c1-21-28(17-18-29(35)34(3)22(2)23-7-5-4-6-8-23)30(38-33-21)26-11-9-24(10-12-26)25-13-15-27(16-14-25)32(19-20-32)31(36)37/h4-16,22H,17-20H2,1-3H3,(H,36,37)/t22-/m0/s1. The van der Waals surface area contributed by atoms with Gasteiger partial charge in [0.05, 0.1) is 17.2 Å². The van der Waals surface area contributed by atoms with Crippen molar-refractivity contribution in [3.63, 3.8) is 0 Å². The largest absolute Gasteiger partial charge is 0.481 e. The number of carboxylic acids is 1. The number of aliphatic carboxylic acids is 1. The van der Waals surface area contributed by atoms with Crippen molar-refractivity contribution < 1.29 is 19.2 Å². The molecule has 1 fully saturated rings. The molecule has 0 aliphatic heterocycles. The Morgan fingerprint density at radius 2 is 1.53 bits per heavy atom. The van der Waals surface area contributed by atoms with Gasteiger partial charge in [-0.2, -0.15) is 0 Å². The predicted octanol–water partition coefficient (Wildman–Crippen LogP) is 6.59. The highest BCUT2D eigenvalue weighted by atomic mass is 16.5. The number of amides is 1. The first-order valence-electron chi connectivity index (χ1n) is 13.0. The summed E-state index contributed by atoms with van der Waals surface area (Å²) in [7, 11) is 1.85. The average molecular weight is 509 g/mol. The van der Waals surface area contributed by atoms with Gasteiger partial charge in [-0.25, -0.2) is 0 Å². The summed E-state index contributed by atoms with van der Waals surface area (Å²) in [6, 6.07) is 25.9. The van der Waals surface area contributed by atoms with Crippen molar-refractivity contribution in [1.29, 1.82) is 0 Å². The van der Waals surface area contributed by atoms with Crippen molar-refractivity contribution in [2.24, 2.45) is 0 Å². The van der Waals surface area contributed by atoms with Gasteiger partial charge in [0.25, 0.3) is 0 Å². The third kappa shape index (κ3) is 4.86. The van der Waals surface area contributed by atoms with Crippen LogP contribution >= 0.6 is 0 Å². The number of carbonyl (C=O) groups is 2. The second-order valence-corrected chi connectivity index (χ2v) is 10.2. The molecule has 1 heterocycles. The van der Waals surface area contributed by atoms with Crippen LogP contribution in [0.15, 0.2) is 83.4 Å². The van der Waals surface area contributed by atoms with Crippen LogP contribution in [0.25, 0.3) is 22.5 Å². The third-order valence-corrected chi connectivity index (χ3v) is 7.91. The molecule has 1 N–H and O–H groups in total. The van der Waals surface area contributed by atoms with E-state index in [1.165, 1.54) is 0 Å². The number of hydrogen-bond donors (Lipinski definition) is 1. The van der Waals surface area contributed by atoms with Gasteiger partial charge in [-0.3, -0.25) is 9.59 Å². The Balaban J connectivity index is 1.27. The number of aryl methyl sites for hydroxylation is 1. The fourth-order valence-electron chi connectivity index (χ4n) is 5.04. The van der Waals surface area contributed by atoms with E-state index in [1.54, 1.807) is 4.90 Å². The summed E-state index contributed by atoms with van der Waals surface area (Å²) < 4.78 is 5.69. The smallest absolute Gasteiger partial charge is 0.314 e. The molecule has 6 heteroatoms. The van der Waals surface area contributed by atoms with Gasteiger partial charge in [-0.15, -0.1) is 0 Å². The summed E-state index contributed by atoms with van der Waals surface area (Å²) in [6.45, 7) is 3.94. The Bertz CT molecular complexity index is 1440. The van der Waals surface area contributed by atoms with E-state index in [9.17, 15) is 14.7 Å². The zero-order valence-corrected chi connectivity index (χ0v) is 22.0. The van der Waals surface area contributed by atoms with Gasteiger partial charge in [-0.1, -0.05) is 84.0 Å². The molecule has 0 unspecified atom stereocenters. The van der Waals surface area contributed by atoms with E-state index < -0.39 is 11.4 Å². The van der Waals surface area contributed by atoms with E-state index in [1.807, 2.05) is 99.8 Å². The molecule has 1 amide bonds. The highest BCUT2D eigenvalue weighted by Crippen LogP contribution is 2.48. The normalized spacial score (nSPS) is 14.6. The molecule has 3 aromatic carbocycles. The van der Waals surface area contributed by atoms with Gasteiger partial charge in [0.2, 0.25) is 5.91 Å². The summed E-state index contributed by atoms with van der Waals surface area (Å²) in [5.41, 5.74) is 5.97. The molecule has 0 saturated heterocycles. The topological polar surface area (TPSA) is 83.6 Å². The fourth-order valence-corrected chi connectivity index (χ4v) is 5.04. The Morgan fingerprint density at radius 1 is 0.947 bits per heavy atom. The number of benzene rings is 3. The van der Waals surface area contributed by atoms with Crippen LogP contribution in [0.2, 0.25) is 0 Å². The lowest BCUT2D eigenvalue weighted by atomic mass is 9.93. The monoisotopic (exact) mass is 508 g/mol. The molecule has 1 aromatic heterocycles. The first-order valence-corrected chi connectivity index (χ1v) is 13.0. The van der Waals surface area contributed by atoms with Crippen molar-refractivity contribution in [1.82, 2.24) is 10.1 Å². The number of hydrogen-bond acceptors (Lipinski definition) is 4. The van der Waals surface area contributed by atoms with Crippen LogP contribution in [-0.2, 0) is 21.4 Å². The minimum atomic E-state index is -0.744. The first-order chi connectivity index (χ1) is 18.3. The quantitative estimate of drug-likeness (QED) is 0.276. The molecule has 1 saturated carbocycles. The van der Waals surface area contributed by atoms with E-state index in [2.05, 4.69) is 5.16 Å². The second-order valence-electron chi connectivity index (χ2n) is 10.2. The van der Waals surface area contributed by atoms with Crippen molar-refractivity contribution in [2.45, 2.75) is 51.0 Å². The zero-order chi connectivity index (χ0) is 26.9. The van der Waals surface area contributed by atoms with E-state index in [0.29, 0.717) is 31.4 Å². The fraction of sp³-hybridized carbons (Fsp3) is 0.281. The van der Waals surface area contributed by atoms with Crippen molar-refractivity contribution in [3.05, 3.63) is 101 Å². The Labute approximate surface area is 222 Å². The number of carboxylic acid groups (broad SMARTS) is 1. The second kappa shape index (κ2) is 10.3. The number of nitrogens with zero attached hydrogens (tertiary/aromatic N) is 2. The summed E-state index contributed by atoms with van der Waals surface area (Å²) >= 11 is 0. The van der Waals surface area contributed by atoms with Crippen LogP contribution < -0.4 is 0 Å². The SMILES string of the molecule is Cc1noc(-c2ccc(-c3ccc(C4(C(=O)O)CC4)cc3)cc2)c1CCC(=O)N(C)[C@@H](C)c1ccccc1. The summed E-state index contributed by atoms with van der Waals surface area (Å²) in [4.78, 5) is 26.4. The van der Waals surface area contributed by atoms with Gasteiger partial charge in [0, 0.05) is 24.6 Å². The maximum Gasteiger partial charge on any atom is 0.314 e. The summed E-state index contributed by atoms with van der Waals surface area (Å²) in [5, 5.41) is 13.7. The van der Waals surface area contributed by atoms with E-state index >= 15 is 0 Å². The number of carbonyl (C=O) groups excluding carboxylic acids is 1. The number of rotatable bonds is 9. The van der Waals surface area contributed by atoms with Crippen LogP contribution in [0.3, 0.4) is 0 Å². The molecule has 5 rings (SSSR count). The molecule has 38 heavy (non-hydrogen) atoms. The lowest BCUT2D eigenvalue weighted by Gasteiger charge is -2.25. The summed E-state index contributed by atoms with van der Waals surface area (Å²) in [6.07, 6.45) is 2.31. The summed E-state index contributed by atoms with van der Waals surface area (Å²) in [5.74, 6) is 0.0162. The molecule has 0 radical (unpaired) electrons. The molecule has 6 nitrogen and oxygen atoms in total. The molecule has 0 spiro atoms. The molecule has 4 aromatic rings. The highest BCUT2D eigenvalue weighted by molar-refractivity contribution is 5.85. The molecular formula is C32H32N2O4. The van der Waals surface area contributed by atoms with Crippen LogP contribution in [0, 0.1) is 6.92 Å². The molecule has 1 aliphatic carbocycles. The molecular weight excluding hydrogens is 476 g/mol. The third-order valence-electron chi connectivity index (χ3n) is 7.91. The lowest BCUT2D eigenvalue weighted by molar-refractivity contribution is -0.140. The van der Waals surface area contributed by atoms with Gasteiger partial charge in [-0.05, 0) is 55.4 Å². The Morgan fingerprint density at radius 3 is 2.11 bits per heavy atom. The highest BCUT2D eigenvalue weighted by Gasteiger charge is 2.51. The zero-order valence-electron chi connectivity index (χ0n) is 22.0. The van der Waals surface area contributed by atoms with Crippen LogP contribution in [-0.4, -0.2) is 34.1 Å². The van der Waals surface area contributed by atoms with Gasteiger partial charge < -0.3 is 14.5 Å². The molecule has 0 bridgehead atoms. The van der Waals surface area contributed by atoms with Crippen LogP contribution in [0.5, 0.6) is 0 Å². The average Bonchev–Trinajstić information content (AvgIpc) is 3.69. The molecule has 1 aliphatic rings. The van der Waals surface area contributed by atoms with Gasteiger partial charge in [0.15, 0.2) is 5.76 Å². The van der Waals surface area contributed by atoms with E-state index in [-0.39, 0.29) is 11.9 Å². The van der Waals surface area contributed by atoms with E-state index in [0.717, 1.165) is 39.1 Å². The maximum absolute atomic E-state index is 13.0. The van der Waals surface area contributed by atoms with E-state index in [4.69, 9.17) is 4.52 Å². The van der Waals surface area contributed by atoms with Gasteiger partial charge >= 0.3 is 5.97 Å². The minimum Gasteiger partial charge on any atom is -0.481 e. The first kappa shape index (κ1) is 25.5. The number of aromatic nitrogens is 1. The molecule has 194 valence electrons. The lowest BCUT2D eigenvalue weighted by Crippen LogP contribution is -2.29. The predicted molar refractivity (Wildman–Crippen MR) is 147 cm³/mol. The molecule has 1 atom stereocenters.